The zero-order chi connectivity index (χ0) is 18.8. The molecule has 1 fully saturated rings. The molecule has 0 radical (unpaired) electrons. The van der Waals surface area contributed by atoms with Crippen LogP contribution in [0.2, 0.25) is 5.02 Å². The van der Waals surface area contributed by atoms with E-state index in [2.05, 4.69) is 26.6 Å². The highest BCUT2D eigenvalue weighted by Gasteiger charge is 2.22. The molecule has 0 spiro atoms. The van der Waals surface area contributed by atoms with Crippen molar-refractivity contribution >= 4 is 50.5 Å². The number of nitrogens with zero attached hydrogens (tertiary/aromatic N) is 6. The predicted octanol–water partition coefficient (Wildman–Crippen LogP) is 4.64. The molecule has 3 aromatic rings. The number of aliphatic hydroxyl groups is 1. The number of aromatic nitrogens is 5. The maximum absolute atomic E-state index is 10.5. The van der Waals surface area contributed by atoms with Crippen LogP contribution in [0.5, 0.6) is 0 Å². The average Bonchev–Trinajstić information content (AvgIpc) is 3.39. The predicted molar refractivity (Wildman–Crippen MR) is 106 cm³/mol. The Morgan fingerprint density at radius 1 is 1.41 bits per heavy atom. The third-order valence-electron chi connectivity index (χ3n) is 4.44. The molecule has 0 amide bonds. The fourth-order valence-electron chi connectivity index (χ4n) is 3.11. The Bertz CT molecular complexity index is 1050. The van der Waals surface area contributed by atoms with Gasteiger partial charge in [0.2, 0.25) is 5.16 Å². The standard InChI is InChI=1S/C17H15ClN6OS2/c18-10-5-6-15-13(7-10)20-16(27-15)12(8-19)14(25)9-26-17-21-22-23-24(17)11-3-1-2-4-11/h5-7,11,25H,1-4,9H2. The molecule has 2 heterocycles. The van der Waals surface area contributed by atoms with Crippen LogP contribution in [-0.4, -0.2) is 36.1 Å². The van der Waals surface area contributed by atoms with Gasteiger partial charge < -0.3 is 5.11 Å². The van der Waals surface area contributed by atoms with Crippen LogP contribution < -0.4 is 0 Å². The van der Waals surface area contributed by atoms with E-state index < -0.39 is 0 Å². The number of hydrogen-bond acceptors (Lipinski definition) is 8. The molecular weight excluding hydrogens is 404 g/mol. The number of thioether (sulfide) groups is 1. The van der Waals surface area contributed by atoms with Crippen molar-refractivity contribution in [2.75, 3.05) is 5.75 Å². The van der Waals surface area contributed by atoms with E-state index in [1.165, 1.54) is 35.9 Å². The van der Waals surface area contributed by atoms with E-state index in [1.54, 1.807) is 12.1 Å². The summed E-state index contributed by atoms with van der Waals surface area (Å²) in [4.78, 5) is 4.43. The van der Waals surface area contributed by atoms with E-state index in [0.29, 0.717) is 26.7 Å². The molecule has 27 heavy (non-hydrogen) atoms. The molecule has 0 aliphatic heterocycles. The highest BCUT2D eigenvalue weighted by atomic mass is 35.5. The Labute approximate surface area is 168 Å². The maximum Gasteiger partial charge on any atom is 0.210 e. The van der Waals surface area contributed by atoms with Crippen LogP contribution in [0.1, 0.15) is 36.7 Å². The van der Waals surface area contributed by atoms with E-state index in [1.807, 2.05) is 10.7 Å². The number of halogens is 1. The van der Waals surface area contributed by atoms with Crippen molar-refractivity contribution in [2.24, 2.45) is 0 Å². The number of hydrogen-bond donors (Lipinski definition) is 1. The second kappa shape index (κ2) is 7.84. The third kappa shape index (κ3) is 3.78. The minimum atomic E-state index is -0.0337. The summed E-state index contributed by atoms with van der Waals surface area (Å²) in [6.45, 7) is 0. The van der Waals surface area contributed by atoms with Crippen molar-refractivity contribution in [3.8, 4) is 6.07 Å². The first-order chi connectivity index (χ1) is 13.2. The lowest BCUT2D eigenvalue weighted by Gasteiger charge is -2.10. The molecule has 0 atom stereocenters. The summed E-state index contributed by atoms with van der Waals surface area (Å²) in [5, 5.41) is 33.6. The van der Waals surface area contributed by atoms with Gasteiger partial charge in [0, 0.05) is 5.02 Å². The van der Waals surface area contributed by atoms with Crippen molar-refractivity contribution in [1.82, 2.24) is 25.2 Å². The number of benzene rings is 1. The lowest BCUT2D eigenvalue weighted by molar-refractivity contribution is 0.416. The van der Waals surface area contributed by atoms with Crippen molar-refractivity contribution in [1.29, 1.82) is 5.26 Å². The van der Waals surface area contributed by atoms with Gasteiger partial charge in [-0.15, -0.1) is 16.4 Å². The lowest BCUT2D eigenvalue weighted by Crippen LogP contribution is -2.08. The smallest absolute Gasteiger partial charge is 0.210 e. The normalized spacial score (nSPS) is 15.9. The Balaban J connectivity index is 1.56. The summed E-state index contributed by atoms with van der Waals surface area (Å²) in [6.07, 6.45) is 4.50. The summed E-state index contributed by atoms with van der Waals surface area (Å²) < 4.78 is 2.74. The molecule has 1 aliphatic rings. The second-order valence-electron chi connectivity index (χ2n) is 6.20. The van der Waals surface area contributed by atoms with Crippen molar-refractivity contribution in [3.63, 3.8) is 0 Å². The van der Waals surface area contributed by atoms with E-state index in [9.17, 15) is 10.4 Å². The SMILES string of the molecule is N#CC(=C(O)CSc1nnnn1C1CCCC1)c1nc2cc(Cl)ccc2s1. The summed E-state index contributed by atoms with van der Waals surface area (Å²) in [5.74, 6) is 0.167. The number of thiazole rings is 1. The molecule has 138 valence electrons. The third-order valence-corrected chi connectivity index (χ3v) is 6.67. The lowest BCUT2D eigenvalue weighted by atomic mass is 10.2. The van der Waals surface area contributed by atoms with Gasteiger partial charge in [-0.05, 0) is 41.5 Å². The van der Waals surface area contributed by atoms with Crippen molar-refractivity contribution in [3.05, 3.63) is 34.0 Å². The van der Waals surface area contributed by atoms with Crippen LogP contribution in [0, 0.1) is 11.3 Å². The van der Waals surface area contributed by atoms with Gasteiger partial charge >= 0.3 is 0 Å². The van der Waals surface area contributed by atoms with Crippen LogP contribution in [0.4, 0.5) is 0 Å². The molecule has 10 heteroatoms. The molecular formula is C17H15ClN6OS2. The molecule has 2 aromatic heterocycles. The molecule has 0 unspecified atom stereocenters. The van der Waals surface area contributed by atoms with Crippen LogP contribution in [0.3, 0.4) is 0 Å². The molecule has 7 nitrogen and oxygen atoms in total. The maximum atomic E-state index is 10.5. The number of aliphatic hydroxyl groups excluding tert-OH is 1. The zero-order valence-electron chi connectivity index (χ0n) is 14.2. The number of allylic oxidation sites excluding steroid dienone is 1. The first kappa shape index (κ1) is 18.2. The van der Waals surface area contributed by atoms with E-state index in [4.69, 9.17) is 11.6 Å². The fourth-order valence-corrected chi connectivity index (χ4v) is 5.06. The monoisotopic (exact) mass is 418 g/mol. The summed E-state index contributed by atoms with van der Waals surface area (Å²) in [7, 11) is 0. The molecule has 1 aromatic carbocycles. The molecule has 1 N–H and O–H groups in total. The highest BCUT2D eigenvalue weighted by Crippen LogP contribution is 2.33. The summed E-state index contributed by atoms with van der Waals surface area (Å²) >= 11 is 8.66. The van der Waals surface area contributed by atoms with E-state index >= 15 is 0 Å². The highest BCUT2D eigenvalue weighted by molar-refractivity contribution is 7.99. The number of nitriles is 1. The van der Waals surface area contributed by atoms with Crippen molar-refractivity contribution in [2.45, 2.75) is 36.9 Å². The van der Waals surface area contributed by atoms with Gasteiger partial charge in [-0.3, -0.25) is 0 Å². The number of fused-ring (bicyclic) bond motifs is 1. The number of rotatable bonds is 5. The van der Waals surface area contributed by atoms with Crippen LogP contribution in [-0.2, 0) is 0 Å². The van der Waals surface area contributed by atoms with Crippen LogP contribution in [0.25, 0.3) is 15.8 Å². The molecule has 1 aliphatic carbocycles. The Hall–Kier alpha value is -2.15. The van der Waals surface area contributed by atoms with Gasteiger partial charge in [0.15, 0.2) is 0 Å². The largest absolute Gasteiger partial charge is 0.510 e. The van der Waals surface area contributed by atoms with Gasteiger partial charge in [0.1, 0.15) is 22.4 Å². The Kier molecular flexibility index (Phi) is 5.29. The molecule has 0 saturated heterocycles. The molecule has 4 rings (SSSR count). The van der Waals surface area contributed by atoms with Gasteiger partial charge in [0.05, 0.1) is 22.0 Å². The van der Waals surface area contributed by atoms with Crippen molar-refractivity contribution < 1.29 is 5.11 Å². The minimum absolute atomic E-state index is 0.0337. The second-order valence-corrected chi connectivity index (χ2v) is 8.61. The summed E-state index contributed by atoms with van der Waals surface area (Å²) in [6, 6.07) is 7.76. The summed E-state index contributed by atoms with van der Waals surface area (Å²) in [5.41, 5.74) is 0.876. The topological polar surface area (TPSA) is 101 Å². The van der Waals surface area contributed by atoms with Gasteiger partial charge in [-0.25, -0.2) is 9.67 Å². The first-order valence-electron chi connectivity index (χ1n) is 8.45. The average molecular weight is 419 g/mol. The molecule has 0 bridgehead atoms. The van der Waals surface area contributed by atoms with Crippen LogP contribution in [0.15, 0.2) is 29.1 Å². The quantitative estimate of drug-likeness (QED) is 0.366. The first-order valence-corrected chi connectivity index (χ1v) is 10.6. The fraction of sp³-hybridized carbons (Fsp3) is 0.353. The van der Waals surface area contributed by atoms with Crippen LogP contribution >= 0.6 is 34.7 Å². The van der Waals surface area contributed by atoms with Gasteiger partial charge in [-0.1, -0.05) is 36.2 Å². The van der Waals surface area contributed by atoms with Gasteiger partial charge in [0.25, 0.3) is 0 Å². The van der Waals surface area contributed by atoms with E-state index in [-0.39, 0.29) is 17.1 Å². The number of tetrazole rings is 1. The zero-order valence-corrected chi connectivity index (χ0v) is 16.6. The minimum Gasteiger partial charge on any atom is -0.510 e. The Morgan fingerprint density at radius 2 is 2.22 bits per heavy atom. The Morgan fingerprint density at radius 3 is 3.00 bits per heavy atom. The molecule has 1 saturated carbocycles. The van der Waals surface area contributed by atoms with Gasteiger partial charge in [-0.2, -0.15) is 5.26 Å². The van der Waals surface area contributed by atoms with E-state index in [0.717, 1.165) is 17.5 Å².